The van der Waals surface area contributed by atoms with Crippen molar-refractivity contribution >= 4 is 33.2 Å². The van der Waals surface area contributed by atoms with E-state index >= 15 is 0 Å². The highest BCUT2D eigenvalue weighted by Gasteiger charge is 2.27. The van der Waals surface area contributed by atoms with Gasteiger partial charge in [0.1, 0.15) is 0 Å². The maximum Gasteiger partial charge on any atom is 0.0545 e. The number of para-hydroxylation sites is 3. The Bertz CT molecular complexity index is 2360. The summed E-state index contributed by atoms with van der Waals surface area (Å²) in [5, 5.41) is 6.56. The highest BCUT2D eigenvalue weighted by atomic mass is 14.9. The Labute approximate surface area is 262 Å². The SMILES string of the molecule is c1ccc(-c2cc3c(c(Nc4ccccc4-c4cccc5c4[nH]c4ccccc45)c2-c2ccccc2)Cc2ccccc2-3)cc1. The number of hydrogen-bond acceptors (Lipinski definition) is 1. The summed E-state index contributed by atoms with van der Waals surface area (Å²) in [5.74, 6) is 0. The Kier molecular flexibility index (Phi) is 5.92. The van der Waals surface area contributed by atoms with Gasteiger partial charge < -0.3 is 10.3 Å². The number of benzene rings is 7. The second-order valence-corrected chi connectivity index (χ2v) is 11.8. The van der Waals surface area contributed by atoms with Gasteiger partial charge in [-0.1, -0.05) is 140 Å². The molecule has 0 bridgehead atoms. The van der Waals surface area contributed by atoms with Crippen LogP contribution in [-0.4, -0.2) is 4.98 Å². The van der Waals surface area contributed by atoms with E-state index in [2.05, 4.69) is 168 Å². The van der Waals surface area contributed by atoms with E-state index in [1.807, 2.05) is 0 Å². The van der Waals surface area contributed by atoms with Crippen LogP contribution in [0, 0.1) is 0 Å². The fourth-order valence-corrected chi connectivity index (χ4v) is 7.22. The Morgan fingerprint density at radius 2 is 1.11 bits per heavy atom. The molecular weight excluding hydrogens is 544 g/mol. The maximum absolute atomic E-state index is 4.07. The molecule has 0 fully saturated rings. The highest BCUT2D eigenvalue weighted by Crippen LogP contribution is 2.50. The fourth-order valence-electron chi connectivity index (χ4n) is 7.22. The summed E-state index contributed by atoms with van der Waals surface area (Å²) in [5.41, 5.74) is 17.1. The fraction of sp³-hybridized carbons (Fsp3) is 0.0233. The van der Waals surface area contributed by atoms with E-state index in [4.69, 9.17) is 0 Å². The van der Waals surface area contributed by atoms with E-state index in [0.29, 0.717) is 0 Å². The standard InChI is InChI=1S/C43H30N2/c1-3-14-28(15-4-1)36-27-37-31-19-8-7-18-30(31)26-38(37)43(41(36)29-16-5-2-6-17-29)45-40-25-12-10-21-33(40)35-23-13-22-34-32-20-9-11-24-39(32)44-42(34)35/h1-25,27,44-45H,26H2. The topological polar surface area (TPSA) is 27.8 Å². The number of anilines is 2. The largest absolute Gasteiger partial charge is 0.354 e. The highest BCUT2D eigenvalue weighted by molar-refractivity contribution is 6.13. The molecule has 0 unspecified atom stereocenters. The first-order valence-corrected chi connectivity index (χ1v) is 15.6. The Morgan fingerprint density at radius 1 is 0.467 bits per heavy atom. The summed E-state index contributed by atoms with van der Waals surface area (Å²) >= 11 is 0. The first-order chi connectivity index (χ1) is 22.3. The first-order valence-electron chi connectivity index (χ1n) is 15.6. The van der Waals surface area contributed by atoms with Crippen molar-refractivity contribution in [1.82, 2.24) is 4.98 Å². The van der Waals surface area contributed by atoms with Crippen LogP contribution in [0.5, 0.6) is 0 Å². The molecule has 0 radical (unpaired) electrons. The van der Waals surface area contributed by atoms with E-state index in [-0.39, 0.29) is 0 Å². The first kappa shape index (κ1) is 25.6. The summed E-state index contributed by atoms with van der Waals surface area (Å²) in [7, 11) is 0. The van der Waals surface area contributed by atoms with Crippen LogP contribution in [0.4, 0.5) is 11.4 Å². The molecule has 9 rings (SSSR count). The third kappa shape index (κ3) is 4.18. The van der Waals surface area contributed by atoms with Crippen LogP contribution in [-0.2, 0) is 6.42 Å². The summed E-state index contributed by atoms with van der Waals surface area (Å²) in [6, 6.07) is 56.8. The van der Waals surface area contributed by atoms with E-state index in [1.54, 1.807) is 0 Å². The van der Waals surface area contributed by atoms with Crippen molar-refractivity contribution in [1.29, 1.82) is 0 Å². The second kappa shape index (κ2) is 10.4. The zero-order chi connectivity index (χ0) is 29.7. The third-order valence-electron chi connectivity index (χ3n) is 9.28. The molecule has 2 N–H and O–H groups in total. The van der Waals surface area contributed by atoms with E-state index in [9.17, 15) is 0 Å². The smallest absolute Gasteiger partial charge is 0.0545 e. The number of hydrogen-bond donors (Lipinski definition) is 2. The Hall–Kier alpha value is -5.86. The van der Waals surface area contributed by atoms with E-state index < -0.39 is 0 Å². The van der Waals surface area contributed by atoms with Crippen molar-refractivity contribution in [3.05, 3.63) is 169 Å². The summed E-state index contributed by atoms with van der Waals surface area (Å²) in [6.07, 6.45) is 0.891. The second-order valence-electron chi connectivity index (χ2n) is 11.8. The van der Waals surface area contributed by atoms with Crippen molar-refractivity contribution in [2.75, 3.05) is 5.32 Å². The number of aromatic nitrogens is 1. The molecule has 8 aromatic rings. The lowest BCUT2D eigenvalue weighted by atomic mass is 9.87. The monoisotopic (exact) mass is 574 g/mol. The molecule has 1 heterocycles. The van der Waals surface area contributed by atoms with Gasteiger partial charge in [0.05, 0.1) is 11.2 Å². The average molecular weight is 575 g/mol. The predicted octanol–water partition coefficient (Wildman–Crippen LogP) is 11.6. The van der Waals surface area contributed by atoms with Crippen molar-refractivity contribution in [2.24, 2.45) is 0 Å². The number of rotatable bonds is 5. The summed E-state index contributed by atoms with van der Waals surface area (Å²) < 4.78 is 0. The normalized spacial score (nSPS) is 11.9. The van der Waals surface area contributed by atoms with E-state index in [0.717, 1.165) is 23.1 Å². The zero-order valence-electron chi connectivity index (χ0n) is 24.7. The molecule has 212 valence electrons. The van der Waals surface area contributed by atoms with Crippen molar-refractivity contribution in [3.8, 4) is 44.5 Å². The van der Waals surface area contributed by atoms with Crippen LogP contribution in [0.2, 0.25) is 0 Å². The molecule has 1 aromatic heterocycles. The molecule has 0 spiro atoms. The molecule has 0 aliphatic heterocycles. The van der Waals surface area contributed by atoms with Crippen molar-refractivity contribution in [2.45, 2.75) is 6.42 Å². The minimum Gasteiger partial charge on any atom is -0.354 e. The van der Waals surface area contributed by atoms with Gasteiger partial charge in [0.15, 0.2) is 0 Å². The van der Waals surface area contributed by atoms with Crippen LogP contribution in [0.25, 0.3) is 66.3 Å². The number of fused-ring (bicyclic) bond motifs is 6. The van der Waals surface area contributed by atoms with Crippen molar-refractivity contribution < 1.29 is 0 Å². The van der Waals surface area contributed by atoms with Gasteiger partial charge in [-0.15, -0.1) is 0 Å². The van der Waals surface area contributed by atoms with Crippen LogP contribution in [0.15, 0.2) is 158 Å². The van der Waals surface area contributed by atoms with Crippen molar-refractivity contribution in [3.63, 3.8) is 0 Å². The van der Waals surface area contributed by atoms with Gasteiger partial charge in [-0.05, 0) is 57.1 Å². The van der Waals surface area contributed by atoms with Crippen LogP contribution in [0.1, 0.15) is 11.1 Å². The molecular formula is C43H30N2. The molecule has 0 saturated carbocycles. The maximum atomic E-state index is 4.07. The van der Waals surface area contributed by atoms with Crippen LogP contribution in [0.3, 0.4) is 0 Å². The van der Waals surface area contributed by atoms with Gasteiger partial charge in [0.25, 0.3) is 0 Å². The molecule has 0 atom stereocenters. The Balaban J connectivity index is 1.31. The van der Waals surface area contributed by atoms with Gasteiger partial charge in [-0.3, -0.25) is 0 Å². The van der Waals surface area contributed by atoms with E-state index in [1.165, 1.54) is 72.1 Å². The summed E-state index contributed by atoms with van der Waals surface area (Å²) in [4.78, 5) is 3.73. The van der Waals surface area contributed by atoms with Gasteiger partial charge >= 0.3 is 0 Å². The number of aromatic amines is 1. The molecule has 7 aromatic carbocycles. The predicted molar refractivity (Wildman–Crippen MR) is 190 cm³/mol. The van der Waals surface area contributed by atoms with Gasteiger partial charge in [-0.2, -0.15) is 0 Å². The minimum absolute atomic E-state index is 0.891. The van der Waals surface area contributed by atoms with Crippen LogP contribution >= 0.6 is 0 Å². The quantitative estimate of drug-likeness (QED) is 0.210. The van der Waals surface area contributed by atoms with Gasteiger partial charge in [0.2, 0.25) is 0 Å². The molecule has 0 amide bonds. The minimum atomic E-state index is 0.891. The third-order valence-corrected chi connectivity index (χ3v) is 9.28. The molecule has 2 heteroatoms. The lowest BCUT2D eigenvalue weighted by Gasteiger charge is -2.23. The molecule has 2 nitrogen and oxygen atoms in total. The Morgan fingerprint density at radius 3 is 1.96 bits per heavy atom. The van der Waals surface area contributed by atoms with Gasteiger partial charge in [0, 0.05) is 45.1 Å². The number of H-pyrrole nitrogens is 1. The lowest BCUT2D eigenvalue weighted by molar-refractivity contribution is 1.26. The average Bonchev–Trinajstić information content (AvgIpc) is 3.68. The molecule has 0 saturated heterocycles. The number of nitrogens with one attached hydrogen (secondary N) is 2. The molecule has 1 aliphatic carbocycles. The lowest BCUT2D eigenvalue weighted by Crippen LogP contribution is -2.02. The van der Waals surface area contributed by atoms with Crippen LogP contribution < -0.4 is 5.32 Å². The molecule has 1 aliphatic rings. The molecule has 45 heavy (non-hydrogen) atoms. The van der Waals surface area contributed by atoms with Gasteiger partial charge in [-0.25, -0.2) is 0 Å². The summed E-state index contributed by atoms with van der Waals surface area (Å²) in [6.45, 7) is 0. The zero-order valence-corrected chi connectivity index (χ0v) is 24.7.